The predicted molar refractivity (Wildman–Crippen MR) is 106 cm³/mol. The van der Waals surface area contributed by atoms with Crippen LogP contribution in [-0.4, -0.2) is 67.2 Å². The Labute approximate surface area is 167 Å². The molecular weight excluding hydrogens is 378 g/mol. The highest BCUT2D eigenvalue weighted by molar-refractivity contribution is 7.17. The zero-order chi connectivity index (χ0) is 19.8. The second-order valence-electron chi connectivity index (χ2n) is 7.31. The second-order valence-corrected chi connectivity index (χ2v) is 8.32. The molecule has 0 amide bonds. The fourth-order valence-electron chi connectivity index (χ4n) is 3.93. The minimum absolute atomic E-state index is 0.0123. The number of methoxy groups -OCH3 is 2. The maximum atomic E-state index is 10.9. The van der Waals surface area contributed by atoms with Gasteiger partial charge in [-0.15, -0.1) is 5.10 Å². The number of ether oxygens (including phenoxy) is 2. The zero-order valence-corrected chi connectivity index (χ0v) is 17.5. The lowest BCUT2D eigenvalue weighted by Gasteiger charge is -2.33. The number of likely N-dealkylation sites (N-methyl/N-ethyl adjacent to an activating group) is 1. The second kappa shape index (κ2) is 7.57. The molecule has 1 atom stereocenters. The fourth-order valence-corrected chi connectivity index (χ4v) is 5.11. The number of benzene rings is 1. The molecule has 3 aromatic rings. The van der Waals surface area contributed by atoms with Gasteiger partial charge in [0.05, 0.1) is 21.3 Å². The molecular formula is C19H27N5O3S+2. The van der Waals surface area contributed by atoms with Gasteiger partial charge >= 0.3 is 0 Å². The molecule has 9 heteroatoms. The first-order valence-corrected chi connectivity index (χ1v) is 10.3. The van der Waals surface area contributed by atoms with Crippen molar-refractivity contribution < 1.29 is 24.4 Å². The average molecular weight is 406 g/mol. The molecule has 0 spiro atoms. The summed E-state index contributed by atoms with van der Waals surface area (Å²) in [6, 6.07) is 5.99. The Kier molecular flexibility index (Phi) is 5.13. The van der Waals surface area contributed by atoms with Gasteiger partial charge in [0.1, 0.15) is 36.9 Å². The average Bonchev–Trinajstić information content (AvgIpc) is 3.21. The van der Waals surface area contributed by atoms with Crippen molar-refractivity contribution in [3.63, 3.8) is 0 Å². The first-order chi connectivity index (χ1) is 13.5. The molecule has 3 heterocycles. The van der Waals surface area contributed by atoms with Crippen molar-refractivity contribution in [3.05, 3.63) is 34.5 Å². The molecule has 1 aromatic carbocycles. The number of nitrogens with one attached hydrogen (secondary N) is 2. The molecule has 2 aromatic heterocycles. The summed E-state index contributed by atoms with van der Waals surface area (Å²) < 4.78 is 12.5. The molecule has 3 N–H and O–H groups in total. The lowest BCUT2D eigenvalue weighted by Crippen LogP contribution is -3.27. The van der Waals surface area contributed by atoms with Gasteiger partial charge in [-0.1, -0.05) is 11.3 Å². The molecule has 1 aliphatic rings. The van der Waals surface area contributed by atoms with Crippen molar-refractivity contribution >= 4 is 16.3 Å². The van der Waals surface area contributed by atoms with Gasteiger partial charge in [0, 0.05) is 5.56 Å². The number of thiazole rings is 1. The number of hydrogen-bond acceptors (Lipinski definition) is 6. The summed E-state index contributed by atoms with van der Waals surface area (Å²) in [6.07, 6.45) is 0. The minimum Gasteiger partial charge on any atom is -0.493 e. The van der Waals surface area contributed by atoms with Crippen LogP contribution >= 0.6 is 11.3 Å². The van der Waals surface area contributed by atoms with E-state index in [2.05, 4.69) is 23.2 Å². The number of quaternary nitrogens is 2. The van der Waals surface area contributed by atoms with Crippen LogP contribution in [0.15, 0.2) is 18.2 Å². The van der Waals surface area contributed by atoms with E-state index in [-0.39, 0.29) is 11.9 Å². The highest BCUT2D eigenvalue weighted by atomic mass is 32.1. The Morgan fingerprint density at radius 1 is 1.14 bits per heavy atom. The van der Waals surface area contributed by atoms with E-state index >= 15 is 0 Å². The van der Waals surface area contributed by atoms with E-state index in [1.807, 2.05) is 19.1 Å². The minimum atomic E-state index is -0.0123. The number of aromatic nitrogens is 3. The van der Waals surface area contributed by atoms with Gasteiger partial charge in [-0.3, -0.25) is 0 Å². The van der Waals surface area contributed by atoms with E-state index in [4.69, 9.17) is 9.47 Å². The number of nitrogens with zero attached hydrogens (tertiary/aromatic N) is 3. The van der Waals surface area contributed by atoms with Crippen molar-refractivity contribution in [2.24, 2.45) is 0 Å². The van der Waals surface area contributed by atoms with E-state index in [9.17, 15) is 5.11 Å². The van der Waals surface area contributed by atoms with Crippen molar-refractivity contribution in [1.29, 1.82) is 0 Å². The Balaban J connectivity index is 1.81. The van der Waals surface area contributed by atoms with E-state index in [1.54, 1.807) is 18.7 Å². The Morgan fingerprint density at radius 2 is 1.86 bits per heavy atom. The lowest BCUT2D eigenvalue weighted by atomic mass is 10.0. The Morgan fingerprint density at radius 3 is 2.50 bits per heavy atom. The lowest BCUT2D eigenvalue weighted by molar-refractivity contribution is -1.02. The third-order valence-electron chi connectivity index (χ3n) is 5.46. The summed E-state index contributed by atoms with van der Waals surface area (Å²) >= 11 is 1.51. The smallest absolute Gasteiger partial charge is 0.235 e. The van der Waals surface area contributed by atoms with Gasteiger partial charge in [0.2, 0.25) is 10.8 Å². The van der Waals surface area contributed by atoms with Gasteiger partial charge in [-0.25, -0.2) is 4.98 Å². The topological polar surface area (TPSA) is 77.8 Å². The number of rotatable bonds is 5. The molecule has 0 aliphatic carbocycles. The summed E-state index contributed by atoms with van der Waals surface area (Å²) in [6.45, 7) is 6.08. The van der Waals surface area contributed by atoms with Crippen molar-refractivity contribution in [3.8, 4) is 17.4 Å². The van der Waals surface area contributed by atoms with Gasteiger partial charge in [0.25, 0.3) is 0 Å². The zero-order valence-electron chi connectivity index (χ0n) is 16.7. The molecule has 1 saturated heterocycles. The van der Waals surface area contributed by atoms with E-state index in [1.165, 1.54) is 21.1 Å². The number of aryl methyl sites for hydroxylation is 1. The van der Waals surface area contributed by atoms with Crippen LogP contribution in [0.5, 0.6) is 17.4 Å². The van der Waals surface area contributed by atoms with Crippen molar-refractivity contribution in [1.82, 2.24) is 14.6 Å². The summed E-state index contributed by atoms with van der Waals surface area (Å²) in [4.78, 5) is 9.01. The third-order valence-corrected chi connectivity index (χ3v) is 6.55. The molecule has 4 rings (SSSR count). The summed E-state index contributed by atoms with van der Waals surface area (Å²) in [7, 11) is 5.51. The van der Waals surface area contributed by atoms with Crippen LogP contribution < -0.4 is 19.3 Å². The highest BCUT2D eigenvalue weighted by Gasteiger charge is 2.36. The number of fused-ring (bicyclic) bond motifs is 1. The summed E-state index contributed by atoms with van der Waals surface area (Å²) in [5, 5.41) is 15.3. The van der Waals surface area contributed by atoms with Crippen LogP contribution in [0.3, 0.4) is 0 Å². The number of piperazine rings is 1. The largest absolute Gasteiger partial charge is 0.493 e. The van der Waals surface area contributed by atoms with Crippen LogP contribution in [0.2, 0.25) is 0 Å². The van der Waals surface area contributed by atoms with Crippen LogP contribution in [0.1, 0.15) is 22.3 Å². The molecule has 28 heavy (non-hydrogen) atoms. The van der Waals surface area contributed by atoms with Crippen molar-refractivity contribution in [2.45, 2.75) is 13.0 Å². The van der Waals surface area contributed by atoms with Crippen LogP contribution in [-0.2, 0) is 0 Å². The SMILES string of the molecule is COc1ccc([C@@H](c2sc3nc(C)nn3c2O)[NH+]2CC[NH+](C)CC2)cc1OC. The van der Waals surface area contributed by atoms with Gasteiger partial charge in [0.15, 0.2) is 17.5 Å². The van der Waals surface area contributed by atoms with E-state index in [0.717, 1.165) is 41.6 Å². The standard InChI is InChI=1S/C19H25N5O3S/c1-12-20-19-24(21-12)18(25)17(28-19)16(23-9-7-22(2)8-10-23)13-5-6-14(26-3)15(11-13)27-4/h5-6,11,16,25H,7-10H2,1-4H3/p+2/t16-/m0/s1. The molecule has 0 radical (unpaired) electrons. The Bertz CT molecular complexity index is 978. The quantitative estimate of drug-likeness (QED) is 0.525. The van der Waals surface area contributed by atoms with Crippen LogP contribution in [0.4, 0.5) is 0 Å². The molecule has 8 nitrogen and oxygen atoms in total. The first kappa shape index (κ1) is 19.0. The summed E-state index contributed by atoms with van der Waals surface area (Å²) in [5.74, 6) is 2.23. The molecule has 0 unspecified atom stereocenters. The van der Waals surface area contributed by atoms with Gasteiger partial charge < -0.3 is 24.4 Å². The summed E-state index contributed by atoms with van der Waals surface area (Å²) in [5.41, 5.74) is 1.09. The molecule has 1 aliphatic heterocycles. The van der Waals surface area contributed by atoms with E-state index in [0.29, 0.717) is 17.3 Å². The maximum absolute atomic E-state index is 10.9. The molecule has 1 fully saturated rings. The number of hydrogen-bond donors (Lipinski definition) is 3. The van der Waals surface area contributed by atoms with E-state index < -0.39 is 0 Å². The Hall–Kier alpha value is -2.36. The monoisotopic (exact) mass is 405 g/mol. The molecule has 0 saturated carbocycles. The molecule has 150 valence electrons. The first-order valence-electron chi connectivity index (χ1n) is 9.44. The highest BCUT2D eigenvalue weighted by Crippen LogP contribution is 2.37. The normalized spacial score (nSPS) is 21.0. The molecule has 0 bridgehead atoms. The predicted octanol–water partition coefficient (Wildman–Crippen LogP) is -0.675. The van der Waals surface area contributed by atoms with Crippen LogP contribution in [0, 0.1) is 6.92 Å². The van der Waals surface area contributed by atoms with Crippen LogP contribution in [0.25, 0.3) is 4.96 Å². The van der Waals surface area contributed by atoms with Crippen molar-refractivity contribution in [2.75, 3.05) is 47.4 Å². The maximum Gasteiger partial charge on any atom is 0.235 e. The third kappa shape index (κ3) is 3.30. The number of aromatic hydroxyl groups is 1. The van der Waals surface area contributed by atoms with Gasteiger partial charge in [-0.2, -0.15) is 4.52 Å². The fraction of sp³-hybridized carbons (Fsp3) is 0.474. The van der Waals surface area contributed by atoms with Gasteiger partial charge in [-0.05, 0) is 25.1 Å².